The number of hydrogen-bond donors (Lipinski definition) is 3. The van der Waals surface area contributed by atoms with Crippen LogP contribution in [0.15, 0.2) is 36.7 Å². The molecule has 2 aromatic heterocycles. The van der Waals surface area contributed by atoms with Crippen LogP contribution in [0.5, 0.6) is 5.75 Å². The first kappa shape index (κ1) is 16.2. The topological polar surface area (TPSA) is 62.0 Å². The van der Waals surface area contributed by atoms with E-state index in [2.05, 4.69) is 26.7 Å². The van der Waals surface area contributed by atoms with Crippen molar-refractivity contribution in [2.24, 2.45) is 0 Å². The fourth-order valence-corrected chi connectivity index (χ4v) is 3.65. The summed E-state index contributed by atoms with van der Waals surface area (Å²) in [6.07, 6.45) is 6.16. The molecule has 3 aromatic rings. The van der Waals surface area contributed by atoms with Crippen molar-refractivity contribution in [2.45, 2.75) is 18.9 Å². The van der Waals surface area contributed by atoms with Crippen LogP contribution in [0, 0.1) is 0 Å². The molecule has 25 heavy (non-hydrogen) atoms. The molecule has 0 saturated carbocycles. The van der Waals surface area contributed by atoms with Crippen LogP contribution in [0.3, 0.4) is 0 Å². The van der Waals surface area contributed by atoms with Crippen LogP contribution in [0.4, 0.5) is 5.69 Å². The second kappa shape index (κ2) is 6.94. The largest absolute Gasteiger partial charge is 0.495 e. The normalized spacial score (nSPS) is 17.6. The van der Waals surface area contributed by atoms with Gasteiger partial charge < -0.3 is 20.4 Å². The summed E-state index contributed by atoms with van der Waals surface area (Å²) in [6, 6.07) is 8.31. The van der Waals surface area contributed by atoms with Crippen molar-refractivity contribution in [3.05, 3.63) is 41.7 Å². The van der Waals surface area contributed by atoms with Gasteiger partial charge in [-0.3, -0.25) is 0 Å². The Morgan fingerprint density at radius 3 is 3.00 bits per heavy atom. The summed E-state index contributed by atoms with van der Waals surface area (Å²) < 4.78 is 5.27. The molecule has 3 heterocycles. The van der Waals surface area contributed by atoms with E-state index in [1.165, 1.54) is 6.42 Å². The number of nitrogens with one attached hydrogen (secondary N) is 3. The number of nitrogens with zero attached hydrogens (tertiary/aromatic N) is 1. The Balaban J connectivity index is 1.79. The van der Waals surface area contributed by atoms with Gasteiger partial charge in [0.1, 0.15) is 11.4 Å². The lowest BCUT2D eigenvalue weighted by molar-refractivity contribution is 0.415. The monoisotopic (exact) mass is 356 g/mol. The van der Waals surface area contributed by atoms with Crippen LogP contribution in [0.2, 0.25) is 5.02 Å². The second-order valence-electron chi connectivity index (χ2n) is 6.32. The molecule has 1 aromatic carbocycles. The van der Waals surface area contributed by atoms with Crippen LogP contribution in [-0.4, -0.2) is 36.2 Å². The van der Waals surface area contributed by atoms with E-state index in [-0.39, 0.29) is 0 Å². The number of halogens is 1. The Bertz CT molecular complexity index is 886. The summed E-state index contributed by atoms with van der Waals surface area (Å²) in [5.41, 5.74) is 4.05. The van der Waals surface area contributed by atoms with Gasteiger partial charge in [0.05, 0.1) is 17.8 Å². The molecule has 6 heteroatoms. The van der Waals surface area contributed by atoms with E-state index in [0.717, 1.165) is 47.4 Å². The minimum Gasteiger partial charge on any atom is -0.495 e. The van der Waals surface area contributed by atoms with Gasteiger partial charge in [-0.05, 0) is 43.1 Å². The molecule has 0 bridgehead atoms. The number of aromatic amines is 1. The molecule has 5 nitrogen and oxygen atoms in total. The van der Waals surface area contributed by atoms with Gasteiger partial charge in [0.25, 0.3) is 0 Å². The van der Waals surface area contributed by atoms with Gasteiger partial charge in [-0.25, -0.2) is 4.98 Å². The van der Waals surface area contributed by atoms with Gasteiger partial charge in [-0.15, -0.1) is 0 Å². The molecule has 1 saturated heterocycles. The molecular weight excluding hydrogens is 336 g/mol. The van der Waals surface area contributed by atoms with Crippen molar-refractivity contribution in [2.75, 3.05) is 25.5 Å². The summed E-state index contributed by atoms with van der Waals surface area (Å²) in [4.78, 5) is 7.75. The fourth-order valence-electron chi connectivity index (χ4n) is 3.40. The predicted molar refractivity (Wildman–Crippen MR) is 103 cm³/mol. The first-order valence-corrected chi connectivity index (χ1v) is 8.91. The van der Waals surface area contributed by atoms with Gasteiger partial charge in [0.2, 0.25) is 0 Å². The molecule has 0 radical (unpaired) electrons. The molecule has 0 aliphatic carbocycles. The third kappa shape index (κ3) is 3.17. The molecule has 1 aliphatic rings. The SMILES string of the molecule is COc1ccc(-c2cnc3[nH]ccc3c2NC2CCCNC2)cc1Cl. The highest BCUT2D eigenvalue weighted by molar-refractivity contribution is 6.32. The lowest BCUT2D eigenvalue weighted by Crippen LogP contribution is -2.38. The highest BCUT2D eigenvalue weighted by atomic mass is 35.5. The number of fused-ring (bicyclic) bond motifs is 1. The average molecular weight is 357 g/mol. The maximum Gasteiger partial charge on any atom is 0.139 e. The number of aromatic nitrogens is 2. The molecule has 0 amide bonds. The molecule has 0 spiro atoms. The third-order valence-electron chi connectivity index (χ3n) is 4.69. The zero-order valence-corrected chi connectivity index (χ0v) is 14.9. The van der Waals surface area contributed by atoms with Gasteiger partial charge in [0.15, 0.2) is 0 Å². The van der Waals surface area contributed by atoms with Gasteiger partial charge >= 0.3 is 0 Å². The van der Waals surface area contributed by atoms with Gasteiger partial charge in [0, 0.05) is 35.9 Å². The average Bonchev–Trinajstić information content (AvgIpc) is 3.12. The number of pyridine rings is 1. The van der Waals surface area contributed by atoms with Crippen LogP contribution in [0.1, 0.15) is 12.8 Å². The van der Waals surface area contributed by atoms with E-state index in [1.807, 2.05) is 30.6 Å². The summed E-state index contributed by atoms with van der Waals surface area (Å²) in [5, 5.41) is 8.87. The summed E-state index contributed by atoms with van der Waals surface area (Å²) in [6.45, 7) is 2.06. The van der Waals surface area contributed by atoms with E-state index in [4.69, 9.17) is 16.3 Å². The van der Waals surface area contributed by atoms with Crippen molar-refractivity contribution in [1.29, 1.82) is 0 Å². The number of piperidine rings is 1. The van der Waals surface area contributed by atoms with E-state index in [0.29, 0.717) is 16.8 Å². The zero-order valence-electron chi connectivity index (χ0n) is 14.1. The standard InChI is InChI=1S/C19H21ClN4O/c1-25-17-5-4-12(9-16(17)20)15-11-23-19-14(6-8-22-19)18(15)24-13-3-2-7-21-10-13/h4-6,8-9,11,13,21H,2-3,7,10H2,1H3,(H2,22,23,24). The molecule has 1 aliphatic heterocycles. The van der Waals surface area contributed by atoms with E-state index in [1.54, 1.807) is 7.11 Å². The quantitative estimate of drug-likeness (QED) is 0.659. The Morgan fingerprint density at radius 1 is 1.32 bits per heavy atom. The van der Waals surface area contributed by atoms with Crippen LogP contribution in [0.25, 0.3) is 22.2 Å². The molecule has 1 atom stereocenters. The highest BCUT2D eigenvalue weighted by Crippen LogP contribution is 2.37. The number of H-pyrrole nitrogens is 1. The summed E-state index contributed by atoms with van der Waals surface area (Å²) in [7, 11) is 1.62. The third-order valence-corrected chi connectivity index (χ3v) is 4.99. The smallest absolute Gasteiger partial charge is 0.139 e. The summed E-state index contributed by atoms with van der Waals surface area (Å²) >= 11 is 6.34. The minimum absolute atomic E-state index is 0.404. The van der Waals surface area contributed by atoms with Crippen molar-refractivity contribution in [1.82, 2.24) is 15.3 Å². The number of hydrogen-bond acceptors (Lipinski definition) is 4. The first-order chi connectivity index (χ1) is 12.3. The van der Waals surface area contributed by atoms with Gasteiger partial charge in [-0.2, -0.15) is 0 Å². The Morgan fingerprint density at radius 2 is 2.24 bits per heavy atom. The van der Waals surface area contributed by atoms with E-state index in [9.17, 15) is 0 Å². The van der Waals surface area contributed by atoms with Crippen LogP contribution in [-0.2, 0) is 0 Å². The van der Waals surface area contributed by atoms with E-state index >= 15 is 0 Å². The highest BCUT2D eigenvalue weighted by Gasteiger charge is 2.18. The van der Waals surface area contributed by atoms with Crippen molar-refractivity contribution in [3.63, 3.8) is 0 Å². The second-order valence-corrected chi connectivity index (χ2v) is 6.73. The van der Waals surface area contributed by atoms with Gasteiger partial charge in [-0.1, -0.05) is 17.7 Å². The lowest BCUT2D eigenvalue weighted by atomic mass is 10.0. The number of methoxy groups -OCH3 is 1. The number of rotatable bonds is 4. The van der Waals surface area contributed by atoms with E-state index < -0.39 is 0 Å². The Kier molecular flexibility index (Phi) is 4.51. The number of benzene rings is 1. The van der Waals surface area contributed by atoms with Crippen molar-refractivity contribution in [3.8, 4) is 16.9 Å². The van der Waals surface area contributed by atoms with Crippen LogP contribution < -0.4 is 15.4 Å². The Labute approximate surface area is 151 Å². The summed E-state index contributed by atoms with van der Waals surface area (Å²) in [5.74, 6) is 0.673. The number of anilines is 1. The molecular formula is C19H21ClN4O. The first-order valence-electron chi connectivity index (χ1n) is 8.53. The fraction of sp³-hybridized carbons (Fsp3) is 0.316. The maximum atomic E-state index is 6.34. The molecule has 1 fully saturated rings. The van der Waals surface area contributed by atoms with Crippen molar-refractivity contribution >= 4 is 28.3 Å². The predicted octanol–water partition coefficient (Wildman–Crippen LogP) is 4.06. The van der Waals surface area contributed by atoms with Crippen molar-refractivity contribution < 1.29 is 4.74 Å². The Hall–Kier alpha value is -2.24. The lowest BCUT2D eigenvalue weighted by Gasteiger charge is -2.26. The zero-order chi connectivity index (χ0) is 17.2. The molecule has 130 valence electrons. The van der Waals surface area contributed by atoms with Crippen LogP contribution >= 0.6 is 11.6 Å². The maximum absolute atomic E-state index is 6.34. The number of ether oxygens (including phenoxy) is 1. The minimum atomic E-state index is 0.404. The molecule has 3 N–H and O–H groups in total. The molecule has 4 rings (SSSR count). The molecule has 1 unspecified atom stereocenters.